The molecule has 0 aromatic rings. The summed E-state index contributed by atoms with van der Waals surface area (Å²) in [5, 5.41) is 4.13. The van der Waals surface area contributed by atoms with Gasteiger partial charge in [0, 0.05) is 16.8 Å². The van der Waals surface area contributed by atoms with Crippen LogP contribution in [0.1, 0.15) is 59.3 Å². The van der Waals surface area contributed by atoms with Crippen LogP contribution in [0.2, 0.25) is 0 Å². The van der Waals surface area contributed by atoms with Crippen LogP contribution in [-0.2, 0) is 4.79 Å². The molecule has 1 fully saturated rings. The third-order valence-corrected chi connectivity index (χ3v) is 5.46. The van der Waals surface area contributed by atoms with Gasteiger partial charge in [0.25, 0.3) is 0 Å². The van der Waals surface area contributed by atoms with E-state index in [1.54, 1.807) is 0 Å². The molecule has 1 amide bonds. The number of amides is 1. The van der Waals surface area contributed by atoms with Crippen LogP contribution in [-0.4, -0.2) is 16.8 Å². The maximum absolute atomic E-state index is 12.3. The smallest absolute Gasteiger partial charge is 0.223 e. The molecular formula is C14H26BrNO. The fourth-order valence-electron chi connectivity index (χ4n) is 2.53. The van der Waals surface area contributed by atoms with Gasteiger partial charge in [0.15, 0.2) is 0 Å². The molecule has 1 rings (SSSR count). The van der Waals surface area contributed by atoms with Crippen molar-refractivity contribution in [3.8, 4) is 0 Å². The summed E-state index contributed by atoms with van der Waals surface area (Å²) in [5.41, 5.74) is -0.0415. The van der Waals surface area contributed by atoms with Crippen molar-refractivity contribution in [3.63, 3.8) is 0 Å². The van der Waals surface area contributed by atoms with Crippen LogP contribution >= 0.6 is 15.9 Å². The molecule has 0 aromatic carbocycles. The van der Waals surface area contributed by atoms with Gasteiger partial charge in [0.05, 0.1) is 0 Å². The Morgan fingerprint density at radius 3 is 2.18 bits per heavy atom. The Morgan fingerprint density at radius 2 is 1.76 bits per heavy atom. The normalized spacial score (nSPS) is 25.6. The van der Waals surface area contributed by atoms with E-state index in [1.807, 2.05) is 0 Å². The molecule has 2 nitrogen and oxygen atoms in total. The van der Waals surface area contributed by atoms with Crippen molar-refractivity contribution < 1.29 is 4.79 Å². The monoisotopic (exact) mass is 303 g/mol. The van der Waals surface area contributed by atoms with Gasteiger partial charge in [-0.05, 0) is 44.4 Å². The summed E-state index contributed by atoms with van der Waals surface area (Å²) < 4.78 is 0. The Labute approximate surface area is 114 Å². The molecule has 100 valence electrons. The van der Waals surface area contributed by atoms with E-state index in [9.17, 15) is 4.79 Å². The van der Waals surface area contributed by atoms with Gasteiger partial charge in [0.2, 0.25) is 5.91 Å². The first-order valence-corrected chi connectivity index (χ1v) is 8.07. The summed E-state index contributed by atoms with van der Waals surface area (Å²) in [6.45, 7) is 6.58. The second-order valence-electron chi connectivity index (χ2n) is 5.57. The van der Waals surface area contributed by atoms with E-state index < -0.39 is 0 Å². The number of halogens is 1. The molecule has 1 saturated carbocycles. The number of nitrogens with one attached hydrogen (secondary N) is 1. The van der Waals surface area contributed by atoms with E-state index in [-0.39, 0.29) is 17.4 Å². The fraction of sp³-hybridized carbons (Fsp3) is 0.929. The summed E-state index contributed by atoms with van der Waals surface area (Å²) in [4.78, 5) is 12.3. The average Bonchev–Trinajstić information content (AvgIpc) is 2.37. The summed E-state index contributed by atoms with van der Waals surface area (Å²) in [7, 11) is 0. The molecule has 0 aromatic heterocycles. The highest BCUT2D eigenvalue weighted by molar-refractivity contribution is 9.09. The summed E-state index contributed by atoms with van der Waals surface area (Å²) in [5.74, 6) is 1.33. The van der Waals surface area contributed by atoms with Crippen molar-refractivity contribution in [1.29, 1.82) is 0 Å². The van der Waals surface area contributed by atoms with Crippen LogP contribution in [0, 0.1) is 11.8 Å². The third kappa shape index (κ3) is 3.97. The minimum absolute atomic E-state index is 0.0415. The van der Waals surface area contributed by atoms with E-state index in [0.29, 0.717) is 0 Å². The first-order valence-electron chi connectivity index (χ1n) is 6.95. The largest absolute Gasteiger partial charge is 0.350 e. The van der Waals surface area contributed by atoms with Crippen LogP contribution in [0.5, 0.6) is 0 Å². The molecule has 1 aliphatic carbocycles. The topological polar surface area (TPSA) is 29.1 Å². The van der Waals surface area contributed by atoms with Crippen LogP contribution in [0.4, 0.5) is 0 Å². The van der Waals surface area contributed by atoms with Gasteiger partial charge in [-0.3, -0.25) is 4.79 Å². The molecule has 0 atom stereocenters. The van der Waals surface area contributed by atoms with Gasteiger partial charge in [-0.15, -0.1) is 0 Å². The fourth-order valence-corrected chi connectivity index (χ4v) is 3.47. The van der Waals surface area contributed by atoms with Crippen molar-refractivity contribution in [2.45, 2.75) is 64.8 Å². The quantitative estimate of drug-likeness (QED) is 0.767. The van der Waals surface area contributed by atoms with Crippen molar-refractivity contribution in [3.05, 3.63) is 0 Å². The lowest BCUT2D eigenvalue weighted by Gasteiger charge is -2.34. The number of alkyl halides is 1. The standard InChI is InChI=1S/C14H26BrNO/c1-4-14(5-2,10-15)16-13(17)12-8-6-11(3)7-9-12/h11-12H,4-10H2,1-3H3,(H,16,17). The summed E-state index contributed by atoms with van der Waals surface area (Å²) in [6, 6.07) is 0. The molecule has 0 bridgehead atoms. The lowest BCUT2D eigenvalue weighted by atomic mass is 9.82. The van der Waals surface area contributed by atoms with Gasteiger partial charge < -0.3 is 5.32 Å². The number of carbonyl (C=O) groups excluding carboxylic acids is 1. The van der Waals surface area contributed by atoms with E-state index in [0.717, 1.165) is 36.9 Å². The first kappa shape index (κ1) is 15.0. The number of hydrogen-bond acceptors (Lipinski definition) is 1. The van der Waals surface area contributed by atoms with Gasteiger partial charge in [-0.1, -0.05) is 36.7 Å². The first-order chi connectivity index (χ1) is 8.06. The molecule has 17 heavy (non-hydrogen) atoms. The number of hydrogen-bond donors (Lipinski definition) is 1. The molecule has 0 spiro atoms. The second kappa shape index (κ2) is 6.77. The van der Waals surface area contributed by atoms with Gasteiger partial charge in [-0.2, -0.15) is 0 Å². The lowest BCUT2D eigenvalue weighted by molar-refractivity contribution is -0.128. The zero-order valence-corrected chi connectivity index (χ0v) is 13.0. The van der Waals surface area contributed by atoms with Gasteiger partial charge in [0.1, 0.15) is 0 Å². The van der Waals surface area contributed by atoms with E-state index >= 15 is 0 Å². The van der Waals surface area contributed by atoms with Gasteiger partial charge in [-0.25, -0.2) is 0 Å². The lowest BCUT2D eigenvalue weighted by Crippen LogP contribution is -2.51. The minimum Gasteiger partial charge on any atom is -0.350 e. The molecule has 1 aliphatic rings. The van der Waals surface area contributed by atoms with Crippen LogP contribution < -0.4 is 5.32 Å². The summed E-state index contributed by atoms with van der Waals surface area (Å²) in [6.07, 6.45) is 6.53. The van der Waals surface area contributed by atoms with Crippen molar-refractivity contribution >= 4 is 21.8 Å². The second-order valence-corrected chi connectivity index (χ2v) is 6.13. The zero-order chi connectivity index (χ0) is 12.9. The Kier molecular flexibility index (Phi) is 5.98. The predicted molar refractivity (Wildman–Crippen MR) is 76.4 cm³/mol. The highest BCUT2D eigenvalue weighted by Crippen LogP contribution is 2.29. The SMILES string of the molecule is CCC(CC)(CBr)NC(=O)C1CCC(C)CC1. The summed E-state index contributed by atoms with van der Waals surface area (Å²) >= 11 is 3.54. The van der Waals surface area contributed by atoms with Crippen LogP contribution in [0.15, 0.2) is 0 Å². The van der Waals surface area contributed by atoms with Crippen molar-refractivity contribution in [2.24, 2.45) is 11.8 Å². The maximum atomic E-state index is 12.3. The Bertz CT molecular complexity index is 234. The van der Waals surface area contributed by atoms with Crippen molar-refractivity contribution in [2.75, 3.05) is 5.33 Å². The highest BCUT2D eigenvalue weighted by atomic mass is 79.9. The highest BCUT2D eigenvalue weighted by Gasteiger charge is 2.31. The van der Waals surface area contributed by atoms with Gasteiger partial charge >= 0.3 is 0 Å². The molecule has 3 heteroatoms. The number of rotatable bonds is 5. The Morgan fingerprint density at radius 1 is 1.24 bits per heavy atom. The molecular weight excluding hydrogens is 278 g/mol. The molecule has 0 heterocycles. The molecule has 0 radical (unpaired) electrons. The third-order valence-electron chi connectivity index (χ3n) is 4.38. The molecule has 0 saturated heterocycles. The molecule has 1 N–H and O–H groups in total. The van der Waals surface area contributed by atoms with E-state index in [4.69, 9.17) is 0 Å². The van der Waals surface area contributed by atoms with Crippen molar-refractivity contribution in [1.82, 2.24) is 5.32 Å². The van der Waals surface area contributed by atoms with E-state index in [1.165, 1.54) is 12.8 Å². The minimum atomic E-state index is -0.0415. The van der Waals surface area contributed by atoms with E-state index in [2.05, 4.69) is 42.0 Å². The average molecular weight is 304 g/mol. The number of carbonyl (C=O) groups is 1. The van der Waals surface area contributed by atoms with Crippen LogP contribution in [0.3, 0.4) is 0 Å². The zero-order valence-electron chi connectivity index (χ0n) is 11.4. The predicted octanol–water partition coefficient (Wildman–Crippen LogP) is 3.88. The maximum Gasteiger partial charge on any atom is 0.223 e. The molecule has 0 aliphatic heterocycles. The molecule has 0 unspecified atom stereocenters. The Balaban J connectivity index is 2.53. The Hall–Kier alpha value is -0.0500. The van der Waals surface area contributed by atoms with Crippen LogP contribution in [0.25, 0.3) is 0 Å².